The van der Waals surface area contributed by atoms with Gasteiger partial charge in [0.2, 0.25) is 0 Å². The summed E-state index contributed by atoms with van der Waals surface area (Å²) >= 11 is 0. The second kappa shape index (κ2) is 5.77. The van der Waals surface area contributed by atoms with Crippen LogP contribution in [0.2, 0.25) is 0 Å². The zero-order valence-corrected chi connectivity index (χ0v) is 13.2. The van der Waals surface area contributed by atoms with Crippen molar-refractivity contribution in [2.45, 2.75) is 6.54 Å². The van der Waals surface area contributed by atoms with E-state index in [9.17, 15) is 0 Å². The van der Waals surface area contributed by atoms with Crippen LogP contribution in [0, 0.1) is 0 Å². The summed E-state index contributed by atoms with van der Waals surface area (Å²) in [6.45, 7) is 0.898. The molecule has 0 N–H and O–H groups in total. The lowest BCUT2D eigenvalue weighted by Crippen LogP contribution is -2.16. The molecule has 0 saturated heterocycles. The van der Waals surface area contributed by atoms with E-state index in [-0.39, 0.29) is 0 Å². The van der Waals surface area contributed by atoms with Crippen molar-refractivity contribution in [1.29, 1.82) is 0 Å². The van der Waals surface area contributed by atoms with Crippen molar-refractivity contribution >= 4 is 27.2 Å². The molecule has 0 aromatic heterocycles. The van der Waals surface area contributed by atoms with E-state index < -0.39 is 0 Å². The molecule has 0 unspecified atom stereocenters. The van der Waals surface area contributed by atoms with Gasteiger partial charge in [-0.2, -0.15) is 0 Å². The van der Waals surface area contributed by atoms with E-state index >= 15 is 0 Å². The van der Waals surface area contributed by atoms with Crippen molar-refractivity contribution < 1.29 is 0 Å². The normalized spacial score (nSPS) is 11.0. The van der Waals surface area contributed by atoms with Crippen LogP contribution in [0.5, 0.6) is 0 Å². The molecule has 0 atom stereocenters. The Morgan fingerprint density at radius 1 is 0.609 bits per heavy atom. The first kappa shape index (κ1) is 13.8. The second-order valence-corrected chi connectivity index (χ2v) is 5.99. The van der Waals surface area contributed by atoms with Gasteiger partial charge in [-0.3, -0.25) is 0 Å². The first-order valence-corrected chi connectivity index (χ1v) is 7.98. The highest BCUT2D eigenvalue weighted by molar-refractivity contribution is 5.94. The van der Waals surface area contributed by atoms with E-state index in [0.717, 1.165) is 6.54 Å². The van der Waals surface area contributed by atoms with Crippen LogP contribution in [-0.4, -0.2) is 7.05 Å². The number of hydrogen-bond acceptors (Lipinski definition) is 1. The van der Waals surface area contributed by atoms with Crippen LogP contribution in [0.4, 0.5) is 5.69 Å². The highest BCUT2D eigenvalue weighted by Gasteiger charge is 2.08. The molecule has 112 valence electrons. The van der Waals surface area contributed by atoms with Gasteiger partial charge in [0.25, 0.3) is 0 Å². The lowest BCUT2D eigenvalue weighted by atomic mass is 10.0. The molecule has 0 saturated carbocycles. The Labute approximate surface area is 136 Å². The fraction of sp³-hybridized carbons (Fsp3) is 0.0909. The zero-order chi connectivity index (χ0) is 15.6. The van der Waals surface area contributed by atoms with Crippen molar-refractivity contribution in [3.8, 4) is 0 Å². The molecule has 4 rings (SSSR count). The van der Waals surface area contributed by atoms with Crippen molar-refractivity contribution in [1.82, 2.24) is 0 Å². The molecule has 0 aliphatic carbocycles. The number of fused-ring (bicyclic) bond motifs is 2. The Morgan fingerprint density at radius 2 is 1.17 bits per heavy atom. The summed E-state index contributed by atoms with van der Waals surface area (Å²) < 4.78 is 0. The predicted molar refractivity (Wildman–Crippen MR) is 100 cm³/mol. The number of rotatable bonds is 3. The SMILES string of the molecule is CN(Cc1cccc2ccccc12)c1cccc2ccccc12. The maximum absolute atomic E-state index is 2.34. The first-order chi connectivity index (χ1) is 11.3. The fourth-order valence-corrected chi connectivity index (χ4v) is 3.31. The quantitative estimate of drug-likeness (QED) is 0.474. The van der Waals surface area contributed by atoms with E-state index in [0.29, 0.717) is 0 Å². The van der Waals surface area contributed by atoms with E-state index in [1.54, 1.807) is 0 Å². The van der Waals surface area contributed by atoms with E-state index in [2.05, 4.69) is 96.9 Å². The summed E-state index contributed by atoms with van der Waals surface area (Å²) in [6.07, 6.45) is 0. The Hall–Kier alpha value is -2.80. The third kappa shape index (κ3) is 2.55. The van der Waals surface area contributed by atoms with Gasteiger partial charge in [-0.05, 0) is 27.8 Å². The third-order valence-corrected chi connectivity index (χ3v) is 4.47. The lowest BCUT2D eigenvalue weighted by molar-refractivity contribution is 0.936. The number of hydrogen-bond donors (Lipinski definition) is 0. The average Bonchev–Trinajstić information content (AvgIpc) is 2.61. The summed E-state index contributed by atoms with van der Waals surface area (Å²) in [7, 11) is 2.17. The van der Waals surface area contributed by atoms with E-state index in [1.165, 1.54) is 32.8 Å². The molecule has 0 heterocycles. The largest absolute Gasteiger partial charge is 0.370 e. The van der Waals surface area contributed by atoms with Gasteiger partial charge in [0.1, 0.15) is 0 Å². The van der Waals surface area contributed by atoms with E-state index in [4.69, 9.17) is 0 Å². The minimum absolute atomic E-state index is 0.898. The summed E-state index contributed by atoms with van der Waals surface area (Å²) in [5, 5.41) is 5.23. The van der Waals surface area contributed by atoms with Gasteiger partial charge in [-0.1, -0.05) is 78.9 Å². The number of nitrogens with zero attached hydrogens (tertiary/aromatic N) is 1. The maximum Gasteiger partial charge on any atom is 0.0446 e. The molecule has 0 aliphatic rings. The van der Waals surface area contributed by atoms with Crippen molar-refractivity contribution in [3.05, 3.63) is 90.5 Å². The van der Waals surface area contributed by atoms with Crippen LogP contribution in [-0.2, 0) is 6.54 Å². The molecular formula is C22H19N. The topological polar surface area (TPSA) is 3.24 Å². The van der Waals surface area contributed by atoms with Crippen LogP contribution in [0.15, 0.2) is 84.9 Å². The smallest absolute Gasteiger partial charge is 0.0446 e. The molecule has 1 nitrogen and oxygen atoms in total. The minimum atomic E-state index is 0.898. The Bertz CT molecular complexity index is 961. The molecule has 0 radical (unpaired) electrons. The Kier molecular flexibility index (Phi) is 3.47. The highest BCUT2D eigenvalue weighted by Crippen LogP contribution is 2.28. The lowest BCUT2D eigenvalue weighted by Gasteiger charge is -2.22. The maximum atomic E-state index is 2.34. The van der Waals surface area contributed by atoms with Crippen LogP contribution < -0.4 is 4.90 Å². The fourth-order valence-electron chi connectivity index (χ4n) is 3.31. The summed E-state index contributed by atoms with van der Waals surface area (Å²) in [4.78, 5) is 2.34. The van der Waals surface area contributed by atoms with Gasteiger partial charge < -0.3 is 4.90 Å². The molecule has 0 aliphatic heterocycles. The molecule has 0 fully saturated rings. The Morgan fingerprint density at radius 3 is 1.96 bits per heavy atom. The molecule has 0 amide bonds. The monoisotopic (exact) mass is 297 g/mol. The van der Waals surface area contributed by atoms with Gasteiger partial charge in [0.15, 0.2) is 0 Å². The van der Waals surface area contributed by atoms with Gasteiger partial charge in [-0.15, -0.1) is 0 Å². The van der Waals surface area contributed by atoms with Gasteiger partial charge >= 0.3 is 0 Å². The van der Waals surface area contributed by atoms with E-state index in [1.807, 2.05) is 0 Å². The van der Waals surface area contributed by atoms with Crippen LogP contribution >= 0.6 is 0 Å². The predicted octanol–water partition coefficient (Wildman–Crippen LogP) is 5.63. The van der Waals surface area contributed by atoms with Gasteiger partial charge in [0.05, 0.1) is 0 Å². The standard InChI is InChI=1S/C22H19N/c1-23(22-15-7-11-18-9-3-5-14-21(18)22)16-19-12-6-10-17-8-2-4-13-20(17)19/h2-15H,16H2,1H3. The van der Waals surface area contributed by atoms with Crippen molar-refractivity contribution in [2.24, 2.45) is 0 Å². The second-order valence-electron chi connectivity index (χ2n) is 5.99. The van der Waals surface area contributed by atoms with Crippen LogP contribution in [0.25, 0.3) is 21.5 Å². The summed E-state index contributed by atoms with van der Waals surface area (Å²) in [5.41, 5.74) is 2.63. The summed E-state index contributed by atoms with van der Waals surface area (Å²) in [5.74, 6) is 0. The highest BCUT2D eigenvalue weighted by atomic mass is 15.1. The molecule has 23 heavy (non-hydrogen) atoms. The molecule has 4 aromatic rings. The Balaban J connectivity index is 1.75. The van der Waals surface area contributed by atoms with Gasteiger partial charge in [0, 0.05) is 24.7 Å². The first-order valence-electron chi connectivity index (χ1n) is 7.98. The molecule has 1 heteroatoms. The molecule has 0 spiro atoms. The molecule has 0 bridgehead atoms. The third-order valence-electron chi connectivity index (χ3n) is 4.47. The average molecular weight is 297 g/mol. The van der Waals surface area contributed by atoms with Crippen LogP contribution in [0.1, 0.15) is 5.56 Å². The van der Waals surface area contributed by atoms with Crippen LogP contribution in [0.3, 0.4) is 0 Å². The number of anilines is 1. The van der Waals surface area contributed by atoms with Gasteiger partial charge in [-0.25, -0.2) is 0 Å². The van der Waals surface area contributed by atoms with Crippen molar-refractivity contribution in [3.63, 3.8) is 0 Å². The summed E-state index contributed by atoms with van der Waals surface area (Å²) in [6, 6.07) is 30.2. The van der Waals surface area contributed by atoms with Crippen molar-refractivity contribution in [2.75, 3.05) is 11.9 Å². The minimum Gasteiger partial charge on any atom is -0.370 e. The zero-order valence-electron chi connectivity index (χ0n) is 13.2. The molecule has 4 aromatic carbocycles. The number of benzene rings is 4. The molecular weight excluding hydrogens is 278 g/mol.